The summed E-state index contributed by atoms with van der Waals surface area (Å²) < 4.78 is 41.8. The SMILES string of the molecule is COC(=O)C(C)(C)[C@H](N)c1cc(SC(F)(F)F)ccc1O.Cl. The van der Waals surface area contributed by atoms with Crippen LogP contribution in [0, 0.1) is 5.41 Å². The van der Waals surface area contributed by atoms with Crippen LogP contribution in [0.5, 0.6) is 5.75 Å². The molecule has 0 bridgehead atoms. The Bertz CT molecular complexity index is 538. The Kier molecular flexibility index (Phi) is 7.05. The zero-order valence-corrected chi connectivity index (χ0v) is 13.7. The van der Waals surface area contributed by atoms with E-state index in [4.69, 9.17) is 5.73 Å². The Morgan fingerprint density at radius 1 is 1.36 bits per heavy atom. The first kappa shape index (κ1) is 20.9. The summed E-state index contributed by atoms with van der Waals surface area (Å²) in [6.07, 6.45) is 0. The molecule has 0 radical (unpaired) electrons. The van der Waals surface area contributed by atoms with E-state index in [1.165, 1.54) is 21.0 Å². The minimum absolute atomic E-state index is 0. The van der Waals surface area contributed by atoms with Crippen LogP contribution in [-0.2, 0) is 9.53 Å². The van der Waals surface area contributed by atoms with Gasteiger partial charge in [-0.2, -0.15) is 13.2 Å². The van der Waals surface area contributed by atoms with Crippen molar-refractivity contribution >= 4 is 30.1 Å². The maximum Gasteiger partial charge on any atom is 0.446 e. The van der Waals surface area contributed by atoms with Crippen LogP contribution in [0.25, 0.3) is 0 Å². The average molecular weight is 360 g/mol. The molecule has 9 heteroatoms. The topological polar surface area (TPSA) is 72.5 Å². The van der Waals surface area contributed by atoms with Crippen molar-refractivity contribution in [3.63, 3.8) is 0 Å². The number of esters is 1. The van der Waals surface area contributed by atoms with Gasteiger partial charge in [-0.05, 0) is 43.8 Å². The van der Waals surface area contributed by atoms with Gasteiger partial charge in [-0.25, -0.2) is 0 Å². The predicted octanol–water partition coefficient (Wildman–Crippen LogP) is 3.62. The monoisotopic (exact) mass is 359 g/mol. The number of hydrogen-bond acceptors (Lipinski definition) is 5. The Morgan fingerprint density at radius 3 is 2.36 bits per heavy atom. The van der Waals surface area contributed by atoms with E-state index in [1.54, 1.807) is 0 Å². The van der Waals surface area contributed by atoms with Crippen LogP contribution in [-0.4, -0.2) is 23.7 Å². The molecule has 0 unspecified atom stereocenters. The minimum Gasteiger partial charge on any atom is -0.508 e. The summed E-state index contributed by atoms with van der Waals surface area (Å²) in [5.74, 6) is -0.894. The number of hydrogen-bond donors (Lipinski definition) is 2. The third-order valence-electron chi connectivity index (χ3n) is 3.06. The highest BCUT2D eigenvalue weighted by molar-refractivity contribution is 8.00. The zero-order valence-electron chi connectivity index (χ0n) is 12.1. The molecular formula is C13H17ClF3NO3S. The van der Waals surface area contributed by atoms with E-state index in [0.29, 0.717) is 0 Å². The van der Waals surface area contributed by atoms with Gasteiger partial charge in [-0.1, -0.05) is 0 Å². The van der Waals surface area contributed by atoms with Gasteiger partial charge in [-0.15, -0.1) is 12.4 Å². The molecule has 1 atom stereocenters. The van der Waals surface area contributed by atoms with Crippen molar-refractivity contribution in [2.24, 2.45) is 11.1 Å². The van der Waals surface area contributed by atoms with Gasteiger partial charge in [0.05, 0.1) is 12.5 Å². The molecule has 3 N–H and O–H groups in total. The zero-order chi connectivity index (χ0) is 16.4. The molecule has 1 aromatic rings. The van der Waals surface area contributed by atoms with Crippen LogP contribution in [0.1, 0.15) is 25.5 Å². The van der Waals surface area contributed by atoms with Crippen molar-refractivity contribution < 1.29 is 27.8 Å². The van der Waals surface area contributed by atoms with Crippen LogP contribution >= 0.6 is 24.2 Å². The molecule has 0 aliphatic carbocycles. The molecule has 0 spiro atoms. The van der Waals surface area contributed by atoms with Gasteiger partial charge in [0.15, 0.2) is 0 Å². The van der Waals surface area contributed by atoms with Crippen LogP contribution in [0.4, 0.5) is 13.2 Å². The van der Waals surface area contributed by atoms with Gasteiger partial charge in [-0.3, -0.25) is 4.79 Å². The second-order valence-electron chi connectivity index (χ2n) is 4.96. The summed E-state index contributed by atoms with van der Waals surface area (Å²) in [6, 6.07) is 2.37. The van der Waals surface area contributed by atoms with Crippen molar-refractivity contribution in [1.29, 1.82) is 0 Å². The largest absolute Gasteiger partial charge is 0.508 e. The number of benzene rings is 1. The van der Waals surface area contributed by atoms with Crippen molar-refractivity contribution in [3.05, 3.63) is 23.8 Å². The van der Waals surface area contributed by atoms with Gasteiger partial charge in [0.1, 0.15) is 5.75 Å². The molecule has 0 aliphatic heterocycles. The van der Waals surface area contributed by atoms with Crippen molar-refractivity contribution in [1.82, 2.24) is 0 Å². The third kappa shape index (κ3) is 4.96. The lowest BCUT2D eigenvalue weighted by atomic mass is 9.81. The molecule has 0 heterocycles. The lowest BCUT2D eigenvalue weighted by Crippen LogP contribution is -2.37. The number of halogens is 4. The molecule has 1 aromatic carbocycles. The molecule has 22 heavy (non-hydrogen) atoms. The molecule has 0 saturated carbocycles. The second kappa shape index (κ2) is 7.43. The molecule has 126 valence electrons. The molecule has 0 fully saturated rings. The fourth-order valence-corrected chi connectivity index (χ4v) is 2.35. The first-order chi connectivity index (χ1) is 9.49. The molecule has 0 saturated heterocycles. The van der Waals surface area contributed by atoms with Gasteiger partial charge in [0, 0.05) is 16.5 Å². The molecule has 4 nitrogen and oxygen atoms in total. The standard InChI is InChI=1S/C13H16F3NO3S.ClH/c1-12(2,11(19)20-3)10(17)8-6-7(4-5-9(8)18)21-13(14,15)16;/h4-6,10,18H,17H2,1-3H3;1H/t10-;/m1./s1. The van der Waals surface area contributed by atoms with Crippen LogP contribution in [0.3, 0.4) is 0 Å². The van der Waals surface area contributed by atoms with E-state index in [-0.39, 0.29) is 40.4 Å². The fraction of sp³-hybridized carbons (Fsp3) is 0.462. The quantitative estimate of drug-likeness (QED) is 0.634. The van der Waals surface area contributed by atoms with E-state index in [0.717, 1.165) is 18.2 Å². The van der Waals surface area contributed by atoms with Crippen molar-refractivity contribution in [2.45, 2.75) is 30.3 Å². The Hall–Kier alpha value is -1.12. The molecular weight excluding hydrogens is 343 g/mol. The van der Waals surface area contributed by atoms with Gasteiger partial charge in [0.25, 0.3) is 0 Å². The lowest BCUT2D eigenvalue weighted by Gasteiger charge is -2.29. The number of alkyl halides is 3. The molecule has 1 rings (SSSR count). The second-order valence-corrected chi connectivity index (χ2v) is 6.10. The number of carbonyl (C=O) groups is 1. The number of carbonyl (C=O) groups excluding carboxylic acids is 1. The van der Waals surface area contributed by atoms with Crippen LogP contribution in [0.2, 0.25) is 0 Å². The van der Waals surface area contributed by atoms with Crippen molar-refractivity contribution in [3.8, 4) is 5.75 Å². The normalized spacial score (nSPS) is 13.2. The summed E-state index contributed by atoms with van der Waals surface area (Å²) >= 11 is -0.317. The number of phenols is 1. The number of phenolic OH excluding ortho intramolecular Hbond substituents is 1. The Morgan fingerprint density at radius 2 is 1.91 bits per heavy atom. The number of nitrogens with two attached hydrogens (primary N) is 1. The first-order valence-electron chi connectivity index (χ1n) is 5.91. The van der Waals surface area contributed by atoms with Gasteiger partial charge < -0.3 is 15.6 Å². The van der Waals surface area contributed by atoms with E-state index < -0.39 is 22.9 Å². The highest BCUT2D eigenvalue weighted by Crippen LogP contribution is 2.42. The smallest absolute Gasteiger partial charge is 0.446 e. The number of rotatable bonds is 4. The number of ether oxygens (including phenoxy) is 1. The van der Waals surface area contributed by atoms with Gasteiger partial charge >= 0.3 is 11.5 Å². The predicted molar refractivity (Wildman–Crippen MR) is 80.0 cm³/mol. The maximum absolute atomic E-state index is 12.4. The van der Waals surface area contributed by atoms with Gasteiger partial charge in [0.2, 0.25) is 0 Å². The maximum atomic E-state index is 12.4. The third-order valence-corrected chi connectivity index (χ3v) is 3.78. The summed E-state index contributed by atoms with van der Waals surface area (Å²) in [4.78, 5) is 11.6. The van der Waals surface area contributed by atoms with Crippen molar-refractivity contribution in [2.75, 3.05) is 7.11 Å². The van der Waals surface area contributed by atoms with E-state index >= 15 is 0 Å². The first-order valence-corrected chi connectivity index (χ1v) is 6.73. The Balaban J connectivity index is 0.00000441. The highest BCUT2D eigenvalue weighted by atomic mass is 35.5. The average Bonchev–Trinajstić information content (AvgIpc) is 2.37. The lowest BCUT2D eigenvalue weighted by molar-refractivity contribution is -0.152. The summed E-state index contributed by atoms with van der Waals surface area (Å²) in [5, 5.41) is 9.80. The fourth-order valence-electron chi connectivity index (χ4n) is 1.76. The number of aromatic hydroxyl groups is 1. The number of thioether (sulfide) groups is 1. The minimum atomic E-state index is -4.45. The molecule has 0 amide bonds. The Labute approximate surface area is 136 Å². The van der Waals surface area contributed by atoms with Crippen LogP contribution < -0.4 is 5.73 Å². The summed E-state index contributed by atoms with van der Waals surface area (Å²) in [7, 11) is 1.19. The van der Waals surface area contributed by atoms with E-state index in [2.05, 4.69) is 4.74 Å². The summed E-state index contributed by atoms with van der Waals surface area (Å²) in [6.45, 7) is 2.99. The summed E-state index contributed by atoms with van der Waals surface area (Å²) in [5.41, 5.74) is 0.338. The van der Waals surface area contributed by atoms with E-state index in [1.807, 2.05) is 0 Å². The van der Waals surface area contributed by atoms with E-state index in [9.17, 15) is 23.1 Å². The van der Waals surface area contributed by atoms with Crippen LogP contribution in [0.15, 0.2) is 23.1 Å². The number of methoxy groups -OCH3 is 1. The highest BCUT2D eigenvalue weighted by Gasteiger charge is 2.38. The molecule has 0 aliphatic rings. The molecule has 0 aromatic heterocycles.